The zero-order valence-electron chi connectivity index (χ0n) is 22.1. The maximum Gasteiger partial charge on any atom is 0.229 e. The molecule has 10 atom stereocenters. The number of phenols is 3. The van der Waals surface area contributed by atoms with E-state index in [4.69, 9.17) is 23.4 Å². The summed E-state index contributed by atoms with van der Waals surface area (Å²) in [7, 11) is 0. The second-order valence-corrected chi connectivity index (χ2v) is 10.1. The predicted molar refractivity (Wildman–Crippen MR) is 140 cm³/mol. The Bertz CT molecular complexity index is 1510. The van der Waals surface area contributed by atoms with Crippen LogP contribution >= 0.6 is 0 Å². The molecule has 5 rings (SSSR count). The summed E-state index contributed by atoms with van der Waals surface area (Å²) in [5.74, 6) is -1.71. The first-order chi connectivity index (χ1) is 20.4. The molecule has 2 saturated heterocycles. The van der Waals surface area contributed by atoms with Crippen molar-refractivity contribution in [3.63, 3.8) is 0 Å². The Morgan fingerprint density at radius 1 is 0.698 bits per heavy atom. The molecule has 16 heteroatoms. The highest BCUT2D eigenvalue weighted by molar-refractivity contribution is 5.86. The molecular formula is C27H30O16. The summed E-state index contributed by atoms with van der Waals surface area (Å²) in [6.45, 7) is -1.54. The van der Waals surface area contributed by atoms with Crippen molar-refractivity contribution in [3.05, 3.63) is 46.6 Å². The van der Waals surface area contributed by atoms with Crippen molar-refractivity contribution in [2.45, 2.75) is 61.4 Å². The van der Waals surface area contributed by atoms with Crippen LogP contribution in [0, 0.1) is 0 Å². The first-order valence-electron chi connectivity index (χ1n) is 13.0. The minimum Gasteiger partial charge on any atom is -0.507 e. The number of benzene rings is 2. The van der Waals surface area contributed by atoms with Crippen LogP contribution in [0.4, 0.5) is 0 Å². The Kier molecular flexibility index (Phi) is 8.77. The highest BCUT2D eigenvalue weighted by Gasteiger charge is 2.51. The molecule has 0 saturated carbocycles. The van der Waals surface area contributed by atoms with E-state index in [0.29, 0.717) is 0 Å². The first-order valence-corrected chi connectivity index (χ1v) is 13.0. The van der Waals surface area contributed by atoms with Gasteiger partial charge in [0.15, 0.2) is 29.3 Å². The van der Waals surface area contributed by atoms with Crippen LogP contribution in [0.25, 0.3) is 22.3 Å². The van der Waals surface area contributed by atoms with Crippen molar-refractivity contribution in [3.8, 4) is 34.3 Å². The Labute approximate surface area is 241 Å². The number of rotatable bonds is 7. The van der Waals surface area contributed by atoms with E-state index in [9.17, 15) is 55.9 Å². The van der Waals surface area contributed by atoms with E-state index in [1.165, 1.54) is 18.2 Å². The summed E-state index contributed by atoms with van der Waals surface area (Å²) >= 11 is 0. The minimum absolute atomic E-state index is 0.0408. The summed E-state index contributed by atoms with van der Waals surface area (Å²) in [6, 6.07) is 6.97. The largest absolute Gasteiger partial charge is 0.507 e. The molecule has 234 valence electrons. The lowest BCUT2D eigenvalue weighted by atomic mass is 9.97. The molecule has 0 bridgehead atoms. The molecule has 2 aliphatic rings. The van der Waals surface area contributed by atoms with Gasteiger partial charge in [-0.1, -0.05) is 0 Å². The van der Waals surface area contributed by atoms with Gasteiger partial charge in [0.2, 0.25) is 6.29 Å². The van der Waals surface area contributed by atoms with Crippen LogP contribution in [-0.4, -0.2) is 126 Å². The Hall–Kier alpha value is -3.55. The molecule has 0 amide bonds. The number of ether oxygens (including phenoxy) is 4. The van der Waals surface area contributed by atoms with Crippen molar-refractivity contribution in [2.24, 2.45) is 0 Å². The lowest BCUT2D eigenvalue weighted by molar-refractivity contribution is -0.357. The fourth-order valence-electron chi connectivity index (χ4n) is 4.90. The third-order valence-electron chi connectivity index (χ3n) is 7.26. The van der Waals surface area contributed by atoms with Crippen molar-refractivity contribution in [1.82, 2.24) is 0 Å². The first kappa shape index (κ1) is 30.9. The Morgan fingerprint density at radius 3 is 2.00 bits per heavy atom. The number of phenolic OH excluding ortho intramolecular Hbond substituents is 3. The molecule has 1 aromatic heterocycles. The molecule has 0 radical (unpaired) electrons. The summed E-state index contributed by atoms with van der Waals surface area (Å²) in [4.78, 5) is 12.8. The third kappa shape index (κ3) is 5.85. The van der Waals surface area contributed by atoms with Gasteiger partial charge in [0, 0.05) is 23.8 Å². The van der Waals surface area contributed by atoms with E-state index < -0.39 is 97.3 Å². The van der Waals surface area contributed by atoms with E-state index in [-0.39, 0.29) is 28.0 Å². The molecule has 2 aliphatic heterocycles. The molecule has 0 aliphatic carbocycles. The fourth-order valence-corrected chi connectivity index (χ4v) is 4.90. The highest BCUT2D eigenvalue weighted by Crippen LogP contribution is 2.36. The molecule has 10 N–H and O–H groups in total. The smallest absolute Gasteiger partial charge is 0.229 e. The van der Waals surface area contributed by atoms with Gasteiger partial charge < -0.3 is 74.4 Å². The molecule has 2 fully saturated rings. The van der Waals surface area contributed by atoms with Crippen LogP contribution < -0.4 is 10.2 Å². The molecule has 3 aromatic rings. The SMILES string of the molecule is O=c1cc(-c2ccc(O)c(O)c2)oc2cc(O[C@@H]3O[C@H](CO)[C@@H](O)[C@H](O)[C@H]3O[C@@H]3O[C@H](CO)[C@@H](O)[C@H](O)[C@H]3O)cc(O)c12. The molecule has 3 heterocycles. The zero-order chi connectivity index (χ0) is 31.2. The van der Waals surface area contributed by atoms with Gasteiger partial charge in [-0.05, 0) is 18.2 Å². The highest BCUT2D eigenvalue weighted by atomic mass is 16.8. The molecule has 16 nitrogen and oxygen atoms in total. The molecule has 0 unspecified atom stereocenters. The molecule has 0 spiro atoms. The number of aliphatic hydroxyl groups is 7. The maximum absolute atomic E-state index is 12.8. The monoisotopic (exact) mass is 610 g/mol. The number of hydrogen-bond donors (Lipinski definition) is 10. The topological polar surface area (TPSA) is 269 Å². The average Bonchev–Trinajstić information content (AvgIpc) is 2.97. The standard InChI is InChI=1S/C27H30O16/c28-7-17-20(34)22(36)24(38)26(41-17)43-25-23(37)21(35)18(8-29)42-27(25)39-10-4-13(32)19-14(33)6-15(40-16(19)5-10)9-1-2-11(30)12(31)3-9/h1-6,17-18,20-32,34-38H,7-8H2/t17-,18-,20-,21-,22+,23+,24-,25-,26+,27-/m1/s1. The molecular weight excluding hydrogens is 580 g/mol. The van der Waals surface area contributed by atoms with Gasteiger partial charge in [-0.3, -0.25) is 4.79 Å². The predicted octanol–water partition coefficient (Wildman–Crippen LogP) is -2.42. The lowest BCUT2D eigenvalue weighted by Gasteiger charge is -2.45. The van der Waals surface area contributed by atoms with Crippen LogP contribution in [0.3, 0.4) is 0 Å². The van der Waals surface area contributed by atoms with Gasteiger partial charge in [0.25, 0.3) is 0 Å². The fraction of sp³-hybridized carbons (Fsp3) is 0.444. The Balaban J connectivity index is 1.48. The van der Waals surface area contributed by atoms with Crippen molar-refractivity contribution < 1.29 is 74.4 Å². The lowest BCUT2D eigenvalue weighted by Crippen LogP contribution is -2.65. The second kappa shape index (κ2) is 12.2. The van der Waals surface area contributed by atoms with Gasteiger partial charge in [-0.15, -0.1) is 0 Å². The normalized spacial score (nSPS) is 33.0. The van der Waals surface area contributed by atoms with Crippen LogP contribution in [0.1, 0.15) is 0 Å². The summed E-state index contributed by atoms with van der Waals surface area (Å²) in [5.41, 5.74) is -0.636. The number of aliphatic hydroxyl groups excluding tert-OH is 7. The summed E-state index contributed by atoms with van der Waals surface area (Å²) < 4.78 is 28.1. The van der Waals surface area contributed by atoms with E-state index in [2.05, 4.69) is 0 Å². The van der Waals surface area contributed by atoms with Crippen LogP contribution in [0.2, 0.25) is 0 Å². The molecule has 2 aromatic carbocycles. The number of hydrogen-bond acceptors (Lipinski definition) is 16. The van der Waals surface area contributed by atoms with Crippen molar-refractivity contribution in [2.75, 3.05) is 13.2 Å². The van der Waals surface area contributed by atoms with E-state index in [0.717, 1.165) is 18.2 Å². The zero-order valence-corrected chi connectivity index (χ0v) is 22.1. The number of fused-ring (bicyclic) bond motifs is 1. The Morgan fingerprint density at radius 2 is 1.35 bits per heavy atom. The van der Waals surface area contributed by atoms with E-state index >= 15 is 0 Å². The van der Waals surface area contributed by atoms with Gasteiger partial charge in [0.05, 0.1) is 13.2 Å². The second-order valence-electron chi connectivity index (χ2n) is 10.1. The average molecular weight is 611 g/mol. The van der Waals surface area contributed by atoms with Crippen molar-refractivity contribution >= 4 is 11.0 Å². The maximum atomic E-state index is 12.8. The van der Waals surface area contributed by atoms with Gasteiger partial charge in [-0.25, -0.2) is 0 Å². The van der Waals surface area contributed by atoms with Gasteiger partial charge in [-0.2, -0.15) is 0 Å². The van der Waals surface area contributed by atoms with Crippen LogP contribution in [-0.2, 0) is 14.2 Å². The summed E-state index contributed by atoms with van der Waals surface area (Å²) in [5, 5.41) is 101. The van der Waals surface area contributed by atoms with E-state index in [1.54, 1.807) is 0 Å². The molecule has 43 heavy (non-hydrogen) atoms. The minimum atomic E-state index is -1.88. The van der Waals surface area contributed by atoms with Crippen molar-refractivity contribution in [1.29, 1.82) is 0 Å². The van der Waals surface area contributed by atoms with E-state index in [1.807, 2.05) is 0 Å². The summed E-state index contributed by atoms with van der Waals surface area (Å²) in [6.07, 6.45) is -16.9. The van der Waals surface area contributed by atoms with Crippen LogP contribution in [0.5, 0.6) is 23.0 Å². The third-order valence-corrected chi connectivity index (χ3v) is 7.26. The number of aromatic hydroxyl groups is 3. The van der Waals surface area contributed by atoms with Gasteiger partial charge in [0.1, 0.15) is 71.0 Å². The van der Waals surface area contributed by atoms with Gasteiger partial charge >= 0.3 is 0 Å². The van der Waals surface area contributed by atoms with Crippen LogP contribution in [0.15, 0.2) is 45.6 Å². The quantitative estimate of drug-likeness (QED) is 0.125.